The molecule has 4 aromatic heterocycles. The van der Waals surface area contributed by atoms with Crippen molar-refractivity contribution >= 4 is 17.2 Å². The van der Waals surface area contributed by atoms with Gasteiger partial charge in [-0.1, -0.05) is 0 Å². The van der Waals surface area contributed by atoms with E-state index in [-0.39, 0.29) is 6.10 Å². The van der Waals surface area contributed by atoms with E-state index in [4.69, 9.17) is 9.47 Å². The van der Waals surface area contributed by atoms with Gasteiger partial charge in [0.1, 0.15) is 23.5 Å². The number of pyridine rings is 2. The molecule has 4 aromatic rings. The van der Waals surface area contributed by atoms with Crippen LogP contribution in [-0.2, 0) is 4.74 Å². The van der Waals surface area contributed by atoms with E-state index in [1.54, 1.807) is 0 Å². The van der Waals surface area contributed by atoms with Gasteiger partial charge in [0.05, 0.1) is 24.9 Å². The molecule has 2 aliphatic heterocycles. The second-order valence-electron chi connectivity index (χ2n) is 9.51. The zero-order valence-electron chi connectivity index (χ0n) is 20.2. The maximum Gasteiger partial charge on any atom is 0.154 e. The first-order valence-electron chi connectivity index (χ1n) is 12.0. The molecule has 2 saturated heterocycles. The number of nitrogens with one attached hydrogen (secondary N) is 2. The minimum Gasteiger partial charge on any atom is -0.488 e. The van der Waals surface area contributed by atoms with Crippen LogP contribution >= 0.6 is 0 Å². The van der Waals surface area contributed by atoms with Crippen LogP contribution in [0.25, 0.3) is 16.6 Å². The van der Waals surface area contributed by atoms with Gasteiger partial charge in [-0.15, -0.1) is 0 Å². The number of aromatic nitrogens is 5. The van der Waals surface area contributed by atoms with E-state index in [0.717, 1.165) is 77.3 Å². The third-order valence-corrected chi connectivity index (χ3v) is 6.50. The van der Waals surface area contributed by atoms with Crippen LogP contribution in [0.5, 0.6) is 5.75 Å². The van der Waals surface area contributed by atoms with E-state index in [1.807, 2.05) is 49.8 Å². The minimum absolute atomic E-state index is 0.146. The molecule has 35 heavy (non-hydrogen) atoms. The number of hydrogen-bond donors (Lipinski definition) is 2. The van der Waals surface area contributed by atoms with Crippen LogP contribution < -0.4 is 15.4 Å². The van der Waals surface area contributed by atoms with Crippen molar-refractivity contribution in [3.05, 3.63) is 59.9 Å². The Morgan fingerprint density at radius 1 is 1.00 bits per heavy atom. The molecular formula is C26H29N7O2. The summed E-state index contributed by atoms with van der Waals surface area (Å²) in [7, 11) is 0. The lowest BCUT2D eigenvalue weighted by Gasteiger charge is -2.40. The molecule has 0 spiro atoms. The summed E-state index contributed by atoms with van der Waals surface area (Å²) < 4.78 is 14.1. The summed E-state index contributed by atoms with van der Waals surface area (Å²) in [6.07, 6.45) is 5.84. The lowest BCUT2D eigenvalue weighted by molar-refractivity contribution is -0.0122. The molecule has 2 N–H and O–H groups in total. The normalized spacial score (nSPS) is 21.7. The van der Waals surface area contributed by atoms with Crippen LogP contribution in [0, 0.1) is 20.8 Å². The molecule has 2 fully saturated rings. The Hall–Kier alpha value is -3.56. The van der Waals surface area contributed by atoms with E-state index < -0.39 is 0 Å². The molecule has 0 amide bonds. The minimum atomic E-state index is 0.146. The van der Waals surface area contributed by atoms with Gasteiger partial charge in [0.25, 0.3) is 0 Å². The van der Waals surface area contributed by atoms with E-state index in [0.29, 0.717) is 12.1 Å². The molecule has 9 nitrogen and oxygen atoms in total. The summed E-state index contributed by atoms with van der Waals surface area (Å²) in [5.74, 6) is 3.00. The Morgan fingerprint density at radius 3 is 2.63 bits per heavy atom. The standard InChI is InChI=1S/C26H29N7O2/c1-15-6-23(24(12-27-15)35-22-9-19-13-34-14-20(10-22)30-19)18-4-5-33-21(8-18)11-26(32-33)31-25-7-16(2)28-17(3)29-25/h4-8,11-12,19-20,22,30H,9-10,13-14H2,1-3H3,(H,28,29,31,32)/t19-,20+,22-. The Kier molecular flexibility index (Phi) is 5.58. The number of piperidine rings is 1. The number of anilines is 2. The summed E-state index contributed by atoms with van der Waals surface area (Å²) in [4.78, 5) is 13.3. The number of aryl methyl sites for hydroxylation is 3. The van der Waals surface area contributed by atoms with Gasteiger partial charge in [-0.05, 0) is 44.5 Å². The molecule has 0 aliphatic carbocycles. The fraction of sp³-hybridized carbons (Fsp3) is 0.385. The monoisotopic (exact) mass is 471 g/mol. The molecule has 2 bridgehead atoms. The molecule has 0 saturated carbocycles. The molecule has 6 rings (SSSR count). The van der Waals surface area contributed by atoms with Gasteiger partial charge in [0, 0.05) is 60.2 Å². The molecule has 9 heteroatoms. The maximum absolute atomic E-state index is 6.54. The van der Waals surface area contributed by atoms with E-state index >= 15 is 0 Å². The van der Waals surface area contributed by atoms with E-state index in [2.05, 4.69) is 48.9 Å². The summed E-state index contributed by atoms with van der Waals surface area (Å²) in [5, 5.41) is 11.6. The van der Waals surface area contributed by atoms with E-state index in [9.17, 15) is 0 Å². The van der Waals surface area contributed by atoms with Gasteiger partial charge in [-0.3, -0.25) is 4.98 Å². The highest BCUT2D eigenvalue weighted by atomic mass is 16.5. The van der Waals surface area contributed by atoms with Gasteiger partial charge >= 0.3 is 0 Å². The molecule has 0 unspecified atom stereocenters. The van der Waals surface area contributed by atoms with Gasteiger partial charge in [0.2, 0.25) is 0 Å². The highest BCUT2D eigenvalue weighted by Crippen LogP contribution is 2.34. The largest absolute Gasteiger partial charge is 0.488 e. The number of fused-ring (bicyclic) bond motifs is 3. The van der Waals surface area contributed by atoms with Gasteiger partial charge in [0.15, 0.2) is 5.82 Å². The van der Waals surface area contributed by atoms with E-state index in [1.165, 1.54) is 0 Å². The topological polar surface area (TPSA) is 98.5 Å². The van der Waals surface area contributed by atoms with Crippen molar-refractivity contribution in [2.75, 3.05) is 18.5 Å². The molecule has 180 valence electrons. The van der Waals surface area contributed by atoms with Crippen molar-refractivity contribution in [1.82, 2.24) is 29.9 Å². The van der Waals surface area contributed by atoms with Crippen molar-refractivity contribution in [2.24, 2.45) is 0 Å². The van der Waals surface area contributed by atoms with Crippen LogP contribution in [0.3, 0.4) is 0 Å². The molecule has 3 atom stereocenters. The maximum atomic E-state index is 6.54. The lowest BCUT2D eigenvalue weighted by atomic mass is 9.94. The van der Waals surface area contributed by atoms with Crippen LogP contribution in [0.4, 0.5) is 11.6 Å². The zero-order valence-corrected chi connectivity index (χ0v) is 20.2. The SMILES string of the molecule is Cc1cc(-c2ccn3nc(Nc4cc(C)nc(C)n4)cc3c2)c(O[C@H]2C[C@H]3COC[C@@H](C2)N3)cn1. The Bertz CT molecular complexity index is 1350. The molecule has 2 aliphatic rings. The quantitative estimate of drug-likeness (QED) is 0.454. The summed E-state index contributed by atoms with van der Waals surface area (Å²) in [6, 6.07) is 10.9. The van der Waals surface area contributed by atoms with Crippen molar-refractivity contribution in [3.63, 3.8) is 0 Å². The predicted octanol–water partition coefficient (Wildman–Crippen LogP) is 3.75. The van der Waals surface area contributed by atoms with Gasteiger partial charge < -0.3 is 20.1 Å². The Morgan fingerprint density at radius 2 is 1.83 bits per heavy atom. The second-order valence-corrected chi connectivity index (χ2v) is 9.51. The van der Waals surface area contributed by atoms with Crippen molar-refractivity contribution in [2.45, 2.75) is 51.8 Å². The lowest BCUT2D eigenvalue weighted by Crippen LogP contribution is -2.56. The number of nitrogens with zero attached hydrogens (tertiary/aromatic N) is 5. The highest BCUT2D eigenvalue weighted by Gasteiger charge is 2.33. The Labute approximate surface area is 203 Å². The molecular weight excluding hydrogens is 442 g/mol. The first-order valence-corrected chi connectivity index (χ1v) is 12.0. The Balaban J connectivity index is 1.28. The van der Waals surface area contributed by atoms with Crippen LogP contribution in [-0.4, -0.2) is 56.0 Å². The van der Waals surface area contributed by atoms with Gasteiger partial charge in [-0.2, -0.15) is 5.10 Å². The fourth-order valence-electron chi connectivity index (χ4n) is 5.06. The van der Waals surface area contributed by atoms with Crippen molar-refractivity contribution in [3.8, 4) is 16.9 Å². The van der Waals surface area contributed by atoms with Crippen LogP contribution in [0.1, 0.15) is 30.1 Å². The predicted molar refractivity (Wildman–Crippen MR) is 133 cm³/mol. The first-order chi connectivity index (χ1) is 17.0. The van der Waals surface area contributed by atoms with Gasteiger partial charge in [-0.25, -0.2) is 14.5 Å². The number of hydrogen-bond acceptors (Lipinski definition) is 8. The second kappa shape index (κ2) is 8.90. The average Bonchev–Trinajstić information content (AvgIpc) is 3.20. The average molecular weight is 472 g/mol. The molecule has 0 radical (unpaired) electrons. The van der Waals surface area contributed by atoms with Crippen molar-refractivity contribution in [1.29, 1.82) is 0 Å². The third kappa shape index (κ3) is 4.69. The molecule has 6 heterocycles. The first kappa shape index (κ1) is 21.9. The summed E-state index contributed by atoms with van der Waals surface area (Å²) in [6.45, 7) is 7.34. The summed E-state index contributed by atoms with van der Waals surface area (Å²) in [5.41, 5.74) is 4.94. The summed E-state index contributed by atoms with van der Waals surface area (Å²) >= 11 is 0. The number of ether oxygens (including phenoxy) is 2. The zero-order chi connectivity index (χ0) is 23.9. The smallest absolute Gasteiger partial charge is 0.154 e. The number of rotatable bonds is 5. The molecule has 0 aromatic carbocycles. The number of morpholine rings is 1. The third-order valence-electron chi connectivity index (χ3n) is 6.50. The van der Waals surface area contributed by atoms with Crippen LogP contribution in [0.15, 0.2) is 42.7 Å². The van der Waals surface area contributed by atoms with Crippen molar-refractivity contribution < 1.29 is 9.47 Å². The highest BCUT2D eigenvalue weighted by molar-refractivity contribution is 5.75. The van der Waals surface area contributed by atoms with Crippen LogP contribution in [0.2, 0.25) is 0 Å². The fourth-order valence-corrected chi connectivity index (χ4v) is 5.06.